The average Bonchev–Trinajstić information content (AvgIpc) is 3.55. The molecular weight excluding hydrogens is 594 g/mol. The Labute approximate surface area is 231 Å². The highest BCUT2D eigenvalue weighted by Crippen LogP contribution is 2.54. The first kappa shape index (κ1) is 30.7. The lowest BCUT2D eigenvalue weighted by Crippen LogP contribution is -2.56. The maximum Gasteiger partial charge on any atom is 0.433 e. The molecular formula is C25H22F8N2O5S. The Kier molecular flexibility index (Phi) is 8.94. The molecule has 1 unspecified atom stereocenters. The van der Waals surface area contributed by atoms with Crippen molar-refractivity contribution in [1.29, 1.82) is 0 Å². The number of halogens is 8. The Morgan fingerprint density at radius 1 is 1.10 bits per heavy atom. The highest BCUT2D eigenvalue weighted by molar-refractivity contribution is 7.11. The van der Waals surface area contributed by atoms with Crippen molar-refractivity contribution in [2.75, 3.05) is 13.9 Å². The standard InChI is InChI=1S/C25H22F8N2O5S/c1-37-13-38-23(24(28,29)30,25(31,32)33)21-34-11-20(41-21)17(9-14-3-2-8-35(36)12-14)15-4-7-18(40-22(26)27)19(10-15)39-16-5-6-16/h2-4,7-8,10-12,16-17,22H,5-6,9,13H2,1H3/i17+2. The molecule has 1 fully saturated rings. The minimum Gasteiger partial charge on any atom is -0.619 e. The van der Waals surface area contributed by atoms with E-state index in [9.17, 15) is 40.3 Å². The molecule has 2 heterocycles. The van der Waals surface area contributed by atoms with Crippen LogP contribution in [0.25, 0.3) is 0 Å². The molecule has 0 saturated heterocycles. The number of nitrogens with zero attached hydrogens (tertiary/aromatic N) is 2. The lowest BCUT2D eigenvalue weighted by molar-refractivity contribution is -0.605. The highest BCUT2D eigenvalue weighted by atomic mass is 32.1. The third-order valence-corrected chi connectivity index (χ3v) is 7.25. The fourth-order valence-electron chi connectivity index (χ4n) is 4.02. The predicted molar refractivity (Wildman–Crippen MR) is 127 cm³/mol. The van der Waals surface area contributed by atoms with E-state index < -0.39 is 42.3 Å². The monoisotopic (exact) mass is 616 g/mol. The third kappa shape index (κ3) is 6.81. The Hall–Kier alpha value is -3.24. The maximum absolute atomic E-state index is 14.1. The zero-order chi connectivity index (χ0) is 30.0. The first-order valence-corrected chi connectivity index (χ1v) is 12.7. The summed E-state index contributed by atoms with van der Waals surface area (Å²) in [5.74, 6) is -1.35. The average molecular weight is 617 g/mol. The van der Waals surface area contributed by atoms with Gasteiger partial charge in [-0.2, -0.15) is 39.9 Å². The molecule has 1 aromatic carbocycles. The highest BCUT2D eigenvalue weighted by Gasteiger charge is 2.75. The predicted octanol–water partition coefficient (Wildman–Crippen LogP) is 6.23. The second-order valence-corrected chi connectivity index (χ2v) is 10.1. The summed E-state index contributed by atoms with van der Waals surface area (Å²) in [7, 11) is 0.867. The van der Waals surface area contributed by atoms with Gasteiger partial charge in [0.25, 0.3) is 0 Å². The third-order valence-electron chi connectivity index (χ3n) is 6.04. The van der Waals surface area contributed by atoms with Crippen molar-refractivity contribution in [1.82, 2.24) is 4.98 Å². The van der Waals surface area contributed by atoms with Crippen molar-refractivity contribution in [3.05, 3.63) is 75.1 Å². The Morgan fingerprint density at radius 3 is 2.39 bits per heavy atom. The second kappa shape index (κ2) is 11.9. The van der Waals surface area contributed by atoms with Gasteiger partial charge >= 0.3 is 24.6 Å². The molecule has 0 amide bonds. The Balaban J connectivity index is 1.83. The van der Waals surface area contributed by atoms with Crippen LogP contribution in [0.15, 0.2) is 48.9 Å². The van der Waals surface area contributed by atoms with E-state index in [-0.39, 0.29) is 45.8 Å². The maximum atomic E-state index is 14.1. The number of rotatable bonds is 12. The molecule has 0 spiro atoms. The van der Waals surface area contributed by atoms with Crippen LogP contribution in [0.4, 0.5) is 35.1 Å². The van der Waals surface area contributed by atoms with Crippen molar-refractivity contribution in [2.24, 2.45) is 0 Å². The van der Waals surface area contributed by atoms with E-state index >= 15 is 0 Å². The van der Waals surface area contributed by atoms with Gasteiger partial charge in [0, 0.05) is 35.7 Å². The molecule has 4 rings (SSSR count). The quantitative estimate of drug-likeness (QED) is 0.104. The number of thiazole rings is 1. The molecule has 1 saturated carbocycles. The summed E-state index contributed by atoms with van der Waals surface area (Å²) in [6, 6.07) is 6.78. The van der Waals surface area contributed by atoms with Crippen LogP contribution in [0.1, 0.15) is 39.8 Å². The first-order chi connectivity index (χ1) is 19.2. The largest absolute Gasteiger partial charge is 0.619 e. The summed E-state index contributed by atoms with van der Waals surface area (Å²) in [6.45, 7) is -4.51. The smallest absolute Gasteiger partial charge is 0.433 e. The minimum atomic E-state index is -5.97. The molecule has 7 nitrogen and oxygen atoms in total. The molecule has 0 bridgehead atoms. The van der Waals surface area contributed by atoms with Crippen molar-refractivity contribution < 1.29 is 58.8 Å². The van der Waals surface area contributed by atoms with E-state index in [1.807, 2.05) is 0 Å². The van der Waals surface area contributed by atoms with E-state index in [2.05, 4.69) is 19.2 Å². The molecule has 0 aliphatic heterocycles. The number of ether oxygens (including phenoxy) is 4. The van der Waals surface area contributed by atoms with Crippen molar-refractivity contribution in [3.8, 4) is 11.5 Å². The fraction of sp³-hybridized carbons (Fsp3) is 0.440. The van der Waals surface area contributed by atoms with Crippen molar-refractivity contribution >= 4 is 11.3 Å². The Morgan fingerprint density at radius 2 is 1.80 bits per heavy atom. The molecule has 3 aromatic rings. The summed E-state index contributed by atoms with van der Waals surface area (Å²) < 4.78 is 130. The van der Waals surface area contributed by atoms with Gasteiger partial charge in [-0.05, 0) is 43.0 Å². The lowest BCUT2D eigenvalue weighted by atomic mass is 10.0. The number of hydrogen-bond donors (Lipinski definition) is 0. The summed E-state index contributed by atoms with van der Waals surface area (Å²) >= 11 is 0.109. The van der Waals surface area contributed by atoms with Crippen LogP contribution < -0.4 is 14.2 Å². The second-order valence-electron chi connectivity index (χ2n) is 9.03. The zero-order valence-corrected chi connectivity index (χ0v) is 21.9. The summed E-state index contributed by atoms with van der Waals surface area (Å²) in [6.07, 6.45) is -7.73. The topological polar surface area (TPSA) is 76.8 Å². The van der Waals surface area contributed by atoms with Gasteiger partial charge in [0.05, 0.1) is 6.10 Å². The Bertz CT molecular complexity index is 1320. The van der Waals surface area contributed by atoms with Crippen molar-refractivity contribution in [2.45, 2.75) is 55.8 Å². The van der Waals surface area contributed by atoms with E-state index in [4.69, 9.17) is 4.74 Å². The van der Waals surface area contributed by atoms with E-state index in [0.717, 1.165) is 13.3 Å². The molecule has 0 N–H and O–H groups in total. The van der Waals surface area contributed by atoms with Crippen LogP contribution in [0, 0.1) is 5.21 Å². The zero-order valence-electron chi connectivity index (χ0n) is 21.0. The van der Waals surface area contributed by atoms with E-state index in [1.165, 1.54) is 42.7 Å². The normalized spacial score (nSPS) is 15.3. The molecule has 224 valence electrons. The number of alkyl halides is 8. The van der Waals surface area contributed by atoms with Gasteiger partial charge in [-0.25, -0.2) is 4.98 Å². The number of methoxy groups -OCH3 is 1. The van der Waals surface area contributed by atoms with Crippen LogP contribution in [-0.2, 0) is 21.5 Å². The molecule has 16 heteroatoms. The number of benzene rings is 1. The van der Waals surface area contributed by atoms with Gasteiger partial charge in [-0.15, -0.1) is 11.3 Å². The van der Waals surface area contributed by atoms with Crippen molar-refractivity contribution in [3.63, 3.8) is 0 Å². The van der Waals surface area contributed by atoms with Gasteiger partial charge in [0.2, 0.25) is 0 Å². The molecule has 0 radical (unpaired) electrons. The number of hydrogen-bond acceptors (Lipinski definition) is 7. The summed E-state index contributed by atoms with van der Waals surface area (Å²) in [5, 5.41) is 10.4. The van der Waals surface area contributed by atoms with Gasteiger partial charge in [-0.3, -0.25) is 0 Å². The molecule has 1 atom stereocenters. The van der Waals surface area contributed by atoms with Gasteiger partial charge in [0.1, 0.15) is 11.8 Å². The van der Waals surface area contributed by atoms with Crippen LogP contribution in [0.3, 0.4) is 0 Å². The molecule has 1 aliphatic carbocycles. The lowest BCUT2D eigenvalue weighted by Gasteiger charge is -2.34. The molecule has 41 heavy (non-hydrogen) atoms. The SMILES string of the molecule is COCOC(c1ncc([14CH](Cc2ccc[n+]([O-])c2)c2ccc(OC(F)F)c(OC3CC3)c2)s1)(C(F)(F)F)C(F)(F)F. The van der Waals surface area contributed by atoms with Crippen LogP contribution in [0.2, 0.25) is 0 Å². The first-order valence-electron chi connectivity index (χ1n) is 11.9. The summed E-state index contributed by atoms with van der Waals surface area (Å²) in [4.78, 5) is 3.44. The summed E-state index contributed by atoms with van der Waals surface area (Å²) in [5.41, 5.74) is -4.13. The fourth-order valence-corrected chi connectivity index (χ4v) is 5.25. The van der Waals surface area contributed by atoms with E-state index in [0.29, 0.717) is 23.1 Å². The van der Waals surface area contributed by atoms with E-state index in [1.54, 1.807) is 0 Å². The number of aromatic nitrogens is 2. The number of pyridine rings is 1. The molecule has 2 aromatic heterocycles. The van der Waals surface area contributed by atoms with Gasteiger partial charge in [0.15, 0.2) is 23.9 Å². The van der Waals surface area contributed by atoms with Gasteiger partial charge < -0.3 is 24.2 Å². The van der Waals surface area contributed by atoms with Crippen LogP contribution in [-0.4, -0.2) is 44.0 Å². The van der Waals surface area contributed by atoms with Gasteiger partial charge in [-0.1, -0.05) is 6.07 Å². The van der Waals surface area contributed by atoms with Crippen LogP contribution >= 0.6 is 11.3 Å². The molecule has 1 aliphatic rings. The van der Waals surface area contributed by atoms with Crippen LogP contribution in [0.5, 0.6) is 11.5 Å². The minimum absolute atomic E-state index is 0.0555.